The normalized spacial score (nSPS) is 33.1. The maximum absolute atomic E-state index is 12.4. The Kier molecular flexibility index (Phi) is 2.91. The first-order valence-electron chi connectivity index (χ1n) is 7.61. The summed E-state index contributed by atoms with van der Waals surface area (Å²) in [4.78, 5) is 32.7. The number of rotatable bonds is 4. The van der Waals surface area contributed by atoms with Gasteiger partial charge in [-0.15, -0.1) is 0 Å². The molecule has 8 heteroatoms. The van der Waals surface area contributed by atoms with E-state index in [-0.39, 0.29) is 11.7 Å². The van der Waals surface area contributed by atoms with Crippen molar-refractivity contribution in [3.8, 4) is 0 Å². The van der Waals surface area contributed by atoms with E-state index in [1.54, 1.807) is 0 Å². The zero-order valence-electron chi connectivity index (χ0n) is 12.1. The third-order valence-corrected chi connectivity index (χ3v) is 5.52. The topological polar surface area (TPSA) is 113 Å². The van der Waals surface area contributed by atoms with Crippen LogP contribution in [0.3, 0.4) is 0 Å². The van der Waals surface area contributed by atoms with Crippen molar-refractivity contribution in [2.45, 2.75) is 25.4 Å². The van der Waals surface area contributed by atoms with Crippen LogP contribution >= 0.6 is 0 Å². The lowest BCUT2D eigenvalue weighted by Gasteiger charge is -2.36. The van der Waals surface area contributed by atoms with Crippen molar-refractivity contribution in [2.24, 2.45) is 23.7 Å². The van der Waals surface area contributed by atoms with E-state index in [1.807, 2.05) is 0 Å². The summed E-state index contributed by atoms with van der Waals surface area (Å²) in [5.41, 5.74) is -1.23. The maximum atomic E-state index is 12.4. The van der Waals surface area contributed by atoms with Crippen LogP contribution in [0.2, 0.25) is 0 Å². The van der Waals surface area contributed by atoms with Gasteiger partial charge in [-0.3, -0.25) is 20.2 Å². The molecule has 0 bridgehead atoms. The van der Waals surface area contributed by atoms with Crippen molar-refractivity contribution in [3.63, 3.8) is 0 Å². The average molecular weight is 318 g/mol. The van der Waals surface area contributed by atoms with Gasteiger partial charge in [-0.1, -0.05) is 0 Å². The summed E-state index contributed by atoms with van der Waals surface area (Å²) in [6.07, 6.45) is 3.14. The van der Waals surface area contributed by atoms with Crippen molar-refractivity contribution in [2.75, 3.05) is 0 Å². The molecule has 0 amide bonds. The molecule has 1 aromatic rings. The molecule has 0 N–H and O–H groups in total. The summed E-state index contributed by atoms with van der Waals surface area (Å²) in [6, 6.07) is 3.00. The number of hydrogen-bond donors (Lipinski definition) is 0. The molecule has 0 unspecified atom stereocenters. The number of esters is 1. The lowest BCUT2D eigenvalue weighted by Crippen LogP contribution is -2.35. The second-order valence-corrected chi connectivity index (χ2v) is 6.55. The van der Waals surface area contributed by atoms with E-state index in [0.717, 1.165) is 31.0 Å². The van der Waals surface area contributed by atoms with E-state index in [0.29, 0.717) is 23.7 Å². The summed E-state index contributed by atoms with van der Waals surface area (Å²) >= 11 is 0. The number of carbonyl (C=O) groups excluding carboxylic acids is 1. The van der Waals surface area contributed by atoms with Crippen molar-refractivity contribution < 1.29 is 19.4 Å². The molecule has 0 aliphatic heterocycles. The molecule has 0 heterocycles. The minimum absolute atomic E-state index is 0.152. The standard InChI is InChI=1S/C15H14N2O6/c18-15(23-14-9-4-3-8(9)11-6-12(11)14)10-2-1-7(16(19)20)5-13(10)17(21)22/h1-2,5,8-9,11-12,14H,3-4,6H2/t8-,9-,11+,12-,14+/m0/s1. The quantitative estimate of drug-likeness (QED) is 0.479. The summed E-state index contributed by atoms with van der Waals surface area (Å²) in [6.45, 7) is 0. The molecule has 3 aliphatic rings. The molecule has 3 saturated carbocycles. The fourth-order valence-corrected chi connectivity index (χ4v) is 4.23. The SMILES string of the molecule is O=C(O[C@@H]1[C@H]2CC[C@@H]2[C@H]2C[C@@H]21)c1ccc([N+](=O)[O-])cc1[N+](=O)[O-]. The van der Waals surface area contributed by atoms with E-state index in [4.69, 9.17) is 4.74 Å². The lowest BCUT2D eigenvalue weighted by atomic mass is 9.72. The summed E-state index contributed by atoms with van der Waals surface area (Å²) in [7, 11) is 0. The van der Waals surface area contributed by atoms with Crippen molar-refractivity contribution in [1.29, 1.82) is 0 Å². The second kappa shape index (κ2) is 4.74. The number of hydrogen-bond acceptors (Lipinski definition) is 6. The van der Waals surface area contributed by atoms with Gasteiger partial charge in [0, 0.05) is 6.07 Å². The highest BCUT2D eigenvalue weighted by Gasteiger charge is 2.64. The zero-order valence-corrected chi connectivity index (χ0v) is 12.1. The fraction of sp³-hybridized carbons (Fsp3) is 0.533. The number of nitro groups is 2. The number of fused-ring (bicyclic) bond motifs is 3. The highest BCUT2D eigenvalue weighted by Crippen LogP contribution is 2.66. The van der Waals surface area contributed by atoms with Crippen LogP contribution in [0.15, 0.2) is 18.2 Å². The Morgan fingerprint density at radius 1 is 1.04 bits per heavy atom. The number of nitrogens with zero attached hydrogens (tertiary/aromatic N) is 2. The third kappa shape index (κ3) is 2.08. The van der Waals surface area contributed by atoms with Crippen molar-refractivity contribution in [1.82, 2.24) is 0 Å². The number of nitro benzene ring substituents is 2. The van der Waals surface area contributed by atoms with E-state index < -0.39 is 27.2 Å². The van der Waals surface area contributed by atoms with Gasteiger partial charge in [0.2, 0.25) is 0 Å². The molecule has 3 aliphatic carbocycles. The zero-order chi connectivity index (χ0) is 16.3. The van der Waals surface area contributed by atoms with Crippen LogP contribution in [-0.4, -0.2) is 21.9 Å². The Morgan fingerprint density at radius 3 is 2.35 bits per heavy atom. The maximum Gasteiger partial charge on any atom is 0.345 e. The van der Waals surface area contributed by atoms with Crippen LogP contribution in [-0.2, 0) is 4.74 Å². The first-order valence-corrected chi connectivity index (χ1v) is 7.61. The Balaban J connectivity index is 1.58. The second-order valence-electron chi connectivity index (χ2n) is 6.55. The first kappa shape index (κ1) is 14.1. The summed E-state index contributed by atoms with van der Waals surface area (Å²) < 4.78 is 5.56. The fourth-order valence-electron chi connectivity index (χ4n) is 4.23. The predicted molar refractivity (Wildman–Crippen MR) is 76.8 cm³/mol. The summed E-state index contributed by atoms with van der Waals surface area (Å²) in [5, 5.41) is 21.9. The Morgan fingerprint density at radius 2 is 1.78 bits per heavy atom. The van der Waals surface area contributed by atoms with Gasteiger partial charge >= 0.3 is 5.97 Å². The summed E-state index contributed by atoms with van der Waals surface area (Å²) in [5.74, 6) is 1.33. The van der Waals surface area contributed by atoms with Gasteiger partial charge in [0.05, 0.1) is 15.9 Å². The van der Waals surface area contributed by atoms with Crippen molar-refractivity contribution in [3.05, 3.63) is 44.0 Å². The lowest BCUT2D eigenvalue weighted by molar-refractivity contribution is -0.394. The smallest absolute Gasteiger partial charge is 0.345 e. The number of benzene rings is 1. The van der Waals surface area contributed by atoms with E-state index in [9.17, 15) is 25.0 Å². The van der Waals surface area contributed by atoms with Crippen LogP contribution in [0, 0.1) is 43.9 Å². The number of non-ortho nitro benzene ring substituents is 1. The van der Waals surface area contributed by atoms with Gasteiger partial charge in [-0.25, -0.2) is 4.79 Å². The Hall–Kier alpha value is -2.51. The molecule has 0 aromatic heterocycles. The molecular formula is C15H14N2O6. The van der Waals surface area contributed by atoms with Crippen molar-refractivity contribution >= 4 is 17.3 Å². The minimum atomic E-state index is -0.787. The van der Waals surface area contributed by atoms with Crippen LogP contribution in [0.5, 0.6) is 0 Å². The molecule has 120 valence electrons. The van der Waals surface area contributed by atoms with Gasteiger partial charge in [0.25, 0.3) is 11.4 Å². The number of carbonyl (C=O) groups is 1. The third-order valence-electron chi connectivity index (χ3n) is 5.52. The average Bonchev–Trinajstić information content (AvgIpc) is 3.20. The van der Waals surface area contributed by atoms with Gasteiger partial charge < -0.3 is 4.74 Å². The van der Waals surface area contributed by atoms with E-state index in [1.165, 1.54) is 6.42 Å². The van der Waals surface area contributed by atoms with Gasteiger partial charge in [0.15, 0.2) is 0 Å². The van der Waals surface area contributed by atoms with E-state index >= 15 is 0 Å². The molecule has 5 atom stereocenters. The Labute approximate surface area is 130 Å². The van der Waals surface area contributed by atoms with Gasteiger partial charge in [0.1, 0.15) is 11.7 Å². The number of ether oxygens (including phenoxy) is 1. The molecular weight excluding hydrogens is 304 g/mol. The molecule has 0 saturated heterocycles. The van der Waals surface area contributed by atoms with Crippen LogP contribution < -0.4 is 0 Å². The Bertz CT molecular complexity index is 733. The van der Waals surface area contributed by atoms with Crippen LogP contribution in [0.4, 0.5) is 11.4 Å². The molecule has 0 spiro atoms. The predicted octanol–water partition coefficient (Wildman–Crippen LogP) is 2.70. The largest absolute Gasteiger partial charge is 0.458 e. The monoisotopic (exact) mass is 318 g/mol. The molecule has 4 rings (SSSR count). The molecule has 23 heavy (non-hydrogen) atoms. The van der Waals surface area contributed by atoms with Crippen LogP contribution in [0.25, 0.3) is 0 Å². The van der Waals surface area contributed by atoms with Gasteiger partial charge in [-0.2, -0.15) is 0 Å². The molecule has 0 radical (unpaired) electrons. The first-order chi connectivity index (χ1) is 11.0. The highest BCUT2D eigenvalue weighted by atomic mass is 16.6. The molecule has 3 fully saturated rings. The highest BCUT2D eigenvalue weighted by molar-refractivity contribution is 5.94. The molecule has 8 nitrogen and oxygen atoms in total. The van der Waals surface area contributed by atoms with E-state index in [2.05, 4.69) is 0 Å². The molecule has 1 aromatic carbocycles. The van der Waals surface area contributed by atoms with Crippen LogP contribution in [0.1, 0.15) is 29.6 Å². The van der Waals surface area contributed by atoms with Gasteiger partial charge in [-0.05, 0) is 49.0 Å². The minimum Gasteiger partial charge on any atom is -0.458 e.